The van der Waals surface area contributed by atoms with Crippen molar-refractivity contribution in [2.75, 3.05) is 26.7 Å². The van der Waals surface area contributed by atoms with E-state index < -0.39 is 0 Å². The molecule has 3 rings (SSSR count). The largest absolute Gasteiger partial charge is 0.496 e. The van der Waals surface area contributed by atoms with E-state index in [4.69, 9.17) is 4.74 Å². The average molecular weight is 314 g/mol. The van der Waals surface area contributed by atoms with Gasteiger partial charge >= 0.3 is 0 Å². The molecule has 0 bridgehead atoms. The summed E-state index contributed by atoms with van der Waals surface area (Å²) in [6, 6.07) is 13.3. The van der Waals surface area contributed by atoms with Gasteiger partial charge in [-0.25, -0.2) is 4.39 Å². The number of piperazine rings is 1. The number of hydrogen-bond acceptors (Lipinski definition) is 3. The third kappa shape index (κ3) is 3.19. The van der Waals surface area contributed by atoms with Gasteiger partial charge < -0.3 is 15.0 Å². The molecule has 120 valence electrons. The van der Waals surface area contributed by atoms with Crippen molar-refractivity contribution < 1.29 is 13.9 Å². The maximum Gasteiger partial charge on any atom is 0.254 e. The van der Waals surface area contributed by atoms with Gasteiger partial charge in [-0.15, -0.1) is 0 Å². The van der Waals surface area contributed by atoms with Crippen LogP contribution in [-0.2, 0) is 0 Å². The molecule has 0 saturated carbocycles. The fraction of sp³-hybridized carbons (Fsp3) is 0.278. The van der Waals surface area contributed by atoms with Crippen molar-refractivity contribution >= 4 is 5.91 Å². The van der Waals surface area contributed by atoms with E-state index in [0.717, 1.165) is 17.9 Å². The summed E-state index contributed by atoms with van der Waals surface area (Å²) in [7, 11) is 1.63. The first-order chi connectivity index (χ1) is 11.2. The minimum absolute atomic E-state index is 0.0950. The number of ether oxygens (including phenoxy) is 1. The molecule has 0 spiro atoms. The molecule has 5 heteroatoms. The van der Waals surface area contributed by atoms with E-state index in [9.17, 15) is 9.18 Å². The Hall–Kier alpha value is -2.40. The highest BCUT2D eigenvalue weighted by Crippen LogP contribution is 2.31. The van der Waals surface area contributed by atoms with Gasteiger partial charge in [-0.1, -0.05) is 18.2 Å². The molecule has 1 amide bonds. The van der Waals surface area contributed by atoms with E-state index in [1.807, 2.05) is 29.2 Å². The minimum atomic E-state index is -0.344. The Balaban J connectivity index is 1.92. The summed E-state index contributed by atoms with van der Waals surface area (Å²) < 4.78 is 18.5. The molecule has 1 atom stereocenters. The maximum atomic E-state index is 13.1. The highest BCUT2D eigenvalue weighted by atomic mass is 19.1. The lowest BCUT2D eigenvalue weighted by atomic mass is 10.0. The number of amides is 1. The molecular weight excluding hydrogens is 295 g/mol. The SMILES string of the molecule is COc1ccccc1[C@@H]1CNCCN1C(=O)c1ccc(F)cc1. The molecule has 0 radical (unpaired) electrons. The zero-order valence-electron chi connectivity index (χ0n) is 13.0. The lowest BCUT2D eigenvalue weighted by Gasteiger charge is -2.37. The number of benzene rings is 2. The number of methoxy groups -OCH3 is 1. The lowest BCUT2D eigenvalue weighted by molar-refractivity contribution is 0.0631. The van der Waals surface area contributed by atoms with Crippen molar-refractivity contribution in [3.63, 3.8) is 0 Å². The average Bonchev–Trinajstić information content (AvgIpc) is 2.62. The fourth-order valence-corrected chi connectivity index (χ4v) is 2.93. The summed E-state index contributed by atoms with van der Waals surface area (Å²) in [5.41, 5.74) is 1.46. The molecule has 0 aliphatic carbocycles. The summed E-state index contributed by atoms with van der Waals surface area (Å²) in [6.45, 7) is 1.99. The molecule has 23 heavy (non-hydrogen) atoms. The van der Waals surface area contributed by atoms with E-state index in [2.05, 4.69) is 5.32 Å². The third-order valence-electron chi connectivity index (χ3n) is 4.09. The Morgan fingerprint density at radius 1 is 1.22 bits per heavy atom. The van der Waals surface area contributed by atoms with Crippen LogP contribution in [-0.4, -0.2) is 37.6 Å². The normalized spacial score (nSPS) is 17.8. The molecule has 1 aliphatic rings. The molecular formula is C18H19FN2O2. The van der Waals surface area contributed by atoms with E-state index >= 15 is 0 Å². The van der Waals surface area contributed by atoms with Gasteiger partial charge in [0.2, 0.25) is 0 Å². The number of carbonyl (C=O) groups is 1. The van der Waals surface area contributed by atoms with Gasteiger partial charge in [-0.2, -0.15) is 0 Å². The number of para-hydroxylation sites is 1. The van der Waals surface area contributed by atoms with Crippen molar-refractivity contribution in [1.29, 1.82) is 0 Å². The quantitative estimate of drug-likeness (QED) is 0.947. The highest BCUT2D eigenvalue weighted by Gasteiger charge is 2.30. The minimum Gasteiger partial charge on any atom is -0.496 e. The molecule has 1 fully saturated rings. The third-order valence-corrected chi connectivity index (χ3v) is 4.09. The topological polar surface area (TPSA) is 41.6 Å². The number of nitrogens with zero attached hydrogens (tertiary/aromatic N) is 1. The Bertz CT molecular complexity index is 688. The van der Waals surface area contributed by atoms with Gasteiger partial charge in [0, 0.05) is 30.8 Å². The lowest BCUT2D eigenvalue weighted by Crippen LogP contribution is -2.48. The van der Waals surface area contributed by atoms with Crippen LogP contribution in [0.15, 0.2) is 48.5 Å². The molecule has 1 aliphatic heterocycles. The second kappa shape index (κ2) is 6.79. The molecule has 1 N–H and O–H groups in total. The van der Waals surface area contributed by atoms with Crippen LogP contribution in [0.5, 0.6) is 5.75 Å². The second-order valence-electron chi connectivity index (χ2n) is 5.47. The van der Waals surface area contributed by atoms with E-state index in [-0.39, 0.29) is 17.8 Å². The molecule has 0 aromatic heterocycles. The van der Waals surface area contributed by atoms with Crippen LogP contribution >= 0.6 is 0 Å². The molecule has 1 saturated heterocycles. The first-order valence-electron chi connectivity index (χ1n) is 7.61. The first kappa shape index (κ1) is 15.5. The predicted molar refractivity (Wildman–Crippen MR) is 86.0 cm³/mol. The Labute approximate surface area is 134 Å². The van der Waals surface area contributed by atoms with E-state index in [0.29, 0.717) is 18.7 Å². The van der Waals surface area contributed by atoms with Gasteiger partial charge in [0.05, 0.1) is 13.2 Å². The Kier molecular flexibility index (Phi) is 4.57. The summed E-state index contributed by atoms with van der Waals surface area (Å²) in [4.78, 5) is 14.7. The summed E-state index contributed by atoms with van der Waals surface area (Å²) in [5.74, 6) is 0.323. The van der Waals surface area contributed by atoms with Crippen molar-refractivity contribution in [3.8, 4) is 5.75 Å². The molecule has 2 aromatic carbocycles. The zero-order valence-corrected chi connectivity index (χ0v) is 13.0. The smallest absolute Gasteiger partial charge is 0.254 e. The number of rotatable bonds is 3. The summed E-state index contributed by atoms with van der Waals surface area (Å²) >= 11 is 0. The number of carbonyl (C=O) groups excluding carboxylic acids is 1. The predicted octanol–water partition coefficient (Wildman–Crippen LogP) is 2.62. The van der Waals surface area contributed by atoms with Gasteiger partial charge in [0.25, 0.3) is 5.91 Å². The van der Waals surface area contributed by atoms with Crippen molar-refractivity contribution in [2.24, 2.45) is 0 Å². The molecule has 1 heterocycles. The standard InChI is InChI=1S/C18H19FN2O2/c1-23-17-5-3-2-4-15(17)16-12-20-10-11-21(16)18(22)13-6-8-14(19)9-7-13/h2-9,16,20H,10-12H2,1H3/t16-/m0/s1. The molecule has 4 nitrogen and oxygen atoms in total. The van der Waals surface area contributed by atoms with Gasteiger partial charge in [0.15, 0.2) is 0 Å². The van der Waals surface area contributed by atoms with Crippen molar-refractivity contribution in [2.45, 2.75) is 6.04 Å². The summed E-state index contributed by atoms with van der Waals surface area (Å²) in [6.07, 6.45) is 0. The van der Waals surface area contributed by atoms with E-state index in [1.165, 1.54) is 24.3 Å². The number of nitrogens with one attached hydrogen (secondary N) is 1. The van der Waals surface area contributed by atoms with Crippen LogP contribution in [0.1, 0.15) is 22.0 Å². The monoisotopic (exact) mass is 314 g/mol. The van der Waals surface area contributed by atoms with Crippen LogP contribution in [0.4, 0.5) is 4.39 Å². The first-order valence-corrected chi connectivity index (χ1v) is 7.61. The van der Waals surface area contributed by atoms with Crippen LogP contribution in [0.25, 0.3) is 0 Å². The molecule has 0 unspecified atom stereocenters. The van der Waals surface area contributed by atoms with Crippen LogP contribution in [0, 0.1) is 5.82 Å². The highest BCUT2D eigenvalue weighted by molar-refractivity contribution is 5.94. The van der Waals surface area contributed by atoms with E-state index in [1.54, 1.807) is 7.11 Å². The fourth-order valence-electron chi connectivity index (χ4n) is 2.93. The zero-order chi connectivity index (χ0) is 16.2. The second-order valence-corrected chi connectivity index (χ2v) is 5.47. The van der Waals surface area contributed by atoms with Gasteiger partial charge in [-0.05, 0) is 30.3 Å². The Morgan fingerprint density at radius 2 is 1.96 bits per heavy atom. The van der Waals surface area contributed by atoms with Gasteiger partial charge in [0.1, 0.15) is 11.6 Å². The number of hydrogen-bond donors (Lipinski definition) is 1. The summed E-state index contributed by atoms with van der Waals surface area (Å²) in [5, 5.41) is 3.32. The maximum absolute atomic E-state index is 13.1. The van der Waals surface area contributed by atoms with Crippen LogP contribution < -0.4 is 10.1 Å². The van der Waals surface area contributed by atoms with Crippen LogP contribution in [0.2, 0.25) is 0 Å². The van der Waals surface area contributed by atoms with Gasteiger partial charge in [-0.3, -0.25) is 4.79 Å². The Morgan fingerprint density at radius 3 is 2.70 bits per heavy atom. The van der Waals surface area contributed by atoms with Crippen molar-refractivity contribution in [1.82, 2.24) is 10.2 Å². The van der Waals surface area contributed by atoms with Crippen molar-refractivity contribution in [3.05, 3.63) is 65.5 Å². The molecule has 2 aromatic rings. The number of halogens is 1. The van der Waals surface area contributed by atoms with Crippen LogP contribution in [0.3, 0.4) is 0 Å².